The molecule has 0 amide bonds. The third-order valence-corrected chi connectivity index (χ3v) is 1.95. The number of nitrogens with two attached hydrogens (primary N) is 1. The van der Waals surface area contributed by atoms with Crippen LogP contribution in [0.3, 0.4) is 0 Å². The molecular weight excluding hydrogens is 216 g/mol. The van der Waals surface area contributed by atoms with Crippen molar-refractivity contribution in [1.82, 2.24) is 0 Å². The minimum Gasteiger partial charge on any atom is -0.495 e. The van der Waals surface area contributed by atoms with Crippen LogP contribution in [0.2, 0.25) is 0 Å². The van der Waals surface area contributed by atoms with E-state index in [0.717, 1.165) is 13.2 Å². The molecule has 2 N–H and O–H groups in total. The number of carbonyl (C=O) groups excluding carboxylic acids is 1. The summed E-state index contributed by atoms with van der Waals surface area (Å²) < 4.78 is 9.29. The molecule has 0 fully saturated rings. The minimum atomic E-state index is -0.815. The lowest BCUT2D eigenvalue weighted by Crippen LogP contribution is -2.07. The average molecular weight is 226 g/mol. The first-order valence-electron chi connectivity index (χ1n) is 4.21. The molecule has 0 aliphatic carbocycles. The number of hydrogen-bond acceptors (Lipinski definition) is 6. The monoisotopic (exact) mass is 226 g/mol. The fourth-order valence-corrected chi connectivity index (χ4v) is 1.19. The van der Waals surface area contributed by atoms with Crippen molar-refractivity contribution in [1.29, 1.82) is 0 Å². The molecule has 0 atom stereocenters. The van der Waals surface area contributed by atoms with Crippen molar-refractivity contribution in [2.24, 2.45) is 0 Å². The lowest BCUT2D eigenvalue weighted by atomic mass is 10.1. The van der Waals surface area contributed by atoms with Gasteiger partial charge in [0.25, 0.3) is 5.69 Å². The zero-order chi connectivity index (χ0) is 12.3. The van der Waals surface area contributed by atoms with E-state index in [2.05, 4.69) is 4.74 Å². The zero-order valence-corrected chi connectivity index (χ0v) is 8.72. The van der Waals surface area contributed by atoms with E-state index < -0.39 is 16.6 Å². The van der Waals surface area contributed by atoms with Gasteiger partial charge in [-0.15, -0.1) is 0 Å². The summed E-state index contributed by atoms with van der Waals surface area (Å²) in [6.45, 7) is 0. The maximum Gasteiger partial charge on any atom is 0.345 e. The van der Waals surface area contributed by atoms with Crippen LogP contribution < -0.4 is 10.5 Å². The Bertz CT molecular complexity index is 444. The normalized spacial score (nSPS) is 9.62. The van der Waals surface area contributed by atoms with Crippen LogP contribution in [0, 0.1) is 10.1 Å². The Labute approximate surface area is 90.9 Å². The quantitative estimate of drug-likeness (QED) is 0.356. The number of nitrogen functional groups attached to an aromatic ring is 1. The molecule has 0 saturated carbocycles. The number of rotatable bonds is 3. The molecule has 0 saturated heterocycles. The summed E-state index contributed by atoms with van der Waals surface area (Å²) >= 11 is 0. The Balaban J connectivity index is 3.42. The molecule has 7 nitrogen and oxygen atoms in total. The predicted molar refractivity (Wildman–Crippen MR) is 55.4 cm³/mol. The summed E-state index contributed by atoms with van der Waals surface area (Å²) in [6, 6.07) is 2.24. The van der Waals surface area contributed by atoms with Crippen LogP contribution in [0.1, 0.15) is 10.4 Å². The van der Waals surface area contributed by atoms with E-state index in [1.54, 1.807) is 0 Å². The van der Waals surface area contributed by atoms with Gasteiger partial charge in [-0.25, -0.2) is 4.79 Å². The van der Waals surface area contributed by atoms with Gasteiger partial charge in [-0.05, 0) is 0 Å². The van der Waals surface area contributed by atoms with E-state index in [-0.39, 0.29) is 17.0 Å². The van der Waals surface area contributed by atoms with Gasteiger partial charge in [0.15, 0.2) is 0 Å². The average Bonchev–Trinajstić information content (AvgIpc) is 2.27. The van der Waals surface area contributed by atoms with E-state index in [1.807, 2.05) is 0 Å². The molecule has 1 aromatic rings. The Morgan fingerprint density at radius 3 is 2.50 bits per heavy atom. The van der Waals surface area contributed by atoms with E-state index >= 15 is 0 Å². The second-order valence-electron chi connectivity index (χ2n) is 2.86. The molecule has 7 heteroatoms. The summed E-state index contributed by atoms with van der Waals surface area (Å²) in [4.78, 5) is 21.3. The molecule has 0 heterocycles. The molecule has 0 aliphatic rings. The summed E-state index contributed by atoms with van der Waals surface area (Å²) in [5.41, 5.74) is 4.98. The van der Waals surface area contributed by atoms with Gasteiger partial charge in [-0.1, -0.05) is 0 Å². The van der Waals surface area contributed by atoms with Gasteiger partial charge in [-0.2, -0.15) is 0 Å². The number of esters is 1. The molecule has 0 bridgehead atoms. The number of carbonyl (C=O) groups is 1. The van der Waals surface area contributed by atoms with Gasteiger partial charge < -0.3 is 15.2 Å². The highest BCUT2D eigenvalue weighted by atomic mass is 16.6. The third-order valence-electron chi connectivity index (χ3n) is 1.95. The fourth-order valence-electron chi connectivity index (χ4n) is 1.19. The molecule has 86 valence electrons. The van der Waals surface area contributed by atoms with Crippen molar-refractivity contribution in [3.8, 4) is 5.75 Å². The summed E-state index contributed by atoms with van der Waals surface area (Å²) in [7, 11) is 2.48. The third kappa shape index (κ3) is 2.02. The van der Waals surface area contributed by atoms with Gasteiger partial charge in [0, 0.05) is 12.1 Å². The number of ether oxygens (including phenoxy) is 2. The first kappa shape index (κ1) is 11.8. The van der Waals surface area contributed by atoms with Crippen molar-refractivity contribution in [2.45, 2.75) is 0 Å². The predicted octanol–water partition coefficient (Wildman–Crippen LogP) is 0.972. The van der Waals surface area contributed by atoms with Crippen molar-refractivity contribution in [3.05, 3.63) is 27.8 Å². The number of benzene rings is 1. The second kappa shape index (κ2) is 4.47. The molecule has 0 radical (unpaired) electrons. The largest absolute Gasteiger partial charge is 0.495 e. The van der Waals surface area contributed by atoms with Crippen LogP contribution in [-0.4, -0.2) is 25.1 Å². The maximum atomic E-state index is 11.3. The van der Waals surface area contributed by atoms with E-state index in [9.17, 15) is 14.9 Å². The van der Waals surface area contributed by atoms with Crippen LogP contribution in [0.15, 0.2) is 12.1 Å². The molecule has 16 heavy (non-hydrogen) atoms. The van der Waals surface area contributed by atoms with Crippen molar-refractivity contribution >= 4 is 17.3 Å². The Kier molecular flexibility index (Phi) is 3.29. The molecule has 1 rings (SSSR count). The van der Waals surface area contributed by atoms with Gasteiger partial charge in [0.05, 0.1) is 24.8 Å². The molecule has 1 aromatic carbocycles. The highest BCUT2D eigenvalue weighted by molar-refractivity contribution is 5.95. The van der Waals surface area contributed by atoms with Gasteiger partial charge in [0.2, 0.25) is 0 Å². The summed E-state index contributed by atoms with van der Waals surface area (Å²) in [5.74, 6) is -0.629. The highest BCUT2D eigenvalue weighted by Gasteiger charge is 2.23. The van der Waals surface area contributed by atoms with Crippen LogP contribution in [0.4, 0.5) is 11.4 Å². The Morgan fingerprint density at radius 1 is 1.44 bits per heavy atom. The maximum absolute atomic E-state index is 11.3. The van der Waals surface area contributed by atoms with Gasteiger partial charge in [0.1, 0.15) is 11.3 Å². The van der Waals surface area contributed by atoms with Crippen LogP contribution in [-0.2, 0) is 4.74 Å². The van der Waals surface area contributed by atoms with Crippen LogP contribution in [0.25, 0.3) is 0 Å². The smallest absolute Gasteiger partial charge is 0.345 e. The lowest BCUT2D eigenvalue weighted by Gasteiger charge is -2.07. The molecular formula is C9H10N2O5. The zero-order valence-electron chi connectivity index (χ0n) is 8.72. The fraction of sp³-hybridized carbons (Fsp3) is 0.222. The minimum absolute atomic E-state index is 0.0850. The number of nitro benzene ring substituents is 1. The van der Waals surface area contributed by atoms with Gasteiger partial charge in [-0.3, -0.25) is 10.1 Å². The number of methoxy groups -OCH3 is 2. The van der Waals surface area contributed by atoms with Crippen LogP contribution in [0.5, 0.6) is 5.75 Å². The molecule has 0 aromatic heterocycles. The Morgan fingerprint density at radius 2 is 2.06 bits per heavy atom. The lowest BCUT2D eigenvalue weighted by molar-refractivity contribution is -0.385. The first-order chi connectivity index (χ1) is 7.51. The van der Waals surface area contributed by atoms with Crippen molar-refractivity contribution in [2.75, 3.05) is 20.0 Å². The number of anilines is 1. The number of hydrogen-bond donors (Lipinski definition) is 1. The van der Waals surface area contributed by atoms with E-state index in [0.29, 0.717) is 0 Å². The van der Waals surface area contributed by atoms with Crippen LogP contribution >= 0.6 is 0 Å². The van der Waals surface area contributed by atoms with E-state index in [4.69, 9.17) is 10.5 Å². The topological polar surface area (TPSA) is 105 Å². The van der Waals surface area contributed by atoms with E-state index in [1.165, 1.54) is 13.2 Å². The molecule has 0 aliphatic heterocycles. The van der Waals surface area contributed by atoms with Gasteiger partial charge >= 0.3 is 5.97 Å². The standard InChI is InChI=1S/C9H10N2O5/c1-15-8-3-5(9(12)16-2)7(11(13)14)4-6(8)10/h3-4H,10H2,1-2H3. The molecule has 0 unspecified atom stereocenters. The number of nitro groups is 1. The molecule has 0 spiro atoms. The summed E-state index contributed by atoms with van der Waals surface area (Å²) in [6.07, 6.45) is 0. The summed E-state index contributed by atoms with van der Waals surface area (Å²) in [5, 5.41) is 10.7. The number of nitrogens with zero attached hydrogens (tertiary/aromatic N) is 1. The van der Waals surface area contributed by atoms with Crippen molar-refractivity contribution in [3.63, 3.8) is 0 Å². The van der Waals surface area contributed by atoms with Crippen molar-refractivity contribution < 1.29 is 19.2 Å². The SMILES string of the molecule is COC(=O)c1cc(OC)c(N)cc1[N+](=O)[O-]. The highest BCUT2D eigenvalue weighted by Crippen LogP contribution is 2.30. The Hall–Kier alpha value is -2.31. The second-order valence-corrected chi connectivity index (χ2v) is 2.86. The first-order valence-corrected chi connectivity index (χ1v) is 4.21.